The van der Waals surface area contributed by atoms with Crippen molar-refractivity contribution in [2.45, 2.75) is 58.4 Å². The average Bonchev–Trinajstić information content (AvgIpc) is 2.65. The van der Waals surface area contributed by atoms with E-state index in [0.29, 0.717) is 12.5 Å². The minimum atomic E-state index is -1.86. The lowest BCUT2D eigenvalue weighted by molar-refractivity contribution is 0.160. The standard InChI is InChI=1S/C23H38ClNO2Si/c1-20(17-24)14-15-25(18-21-11-8-7-9-12-21)22(13-10-16-26)19-27-28(5,6)23(2,3)4/h7-14,22,26H,15-19H2,1-6H3/b13-10+,20-14+/t22-/m0/s1. The summed E-state index contributed by atoms with van der Waals surface area (Å²) >= 11 is 5.98. The Bertz CT molecular complexity index is 623. The van der Waals surface area contributed by atoms with Crippen LogP contribution >= 0.6 is 11.6 Å². The zero-order chi connectivity index (χ0) is 21.2. The van der Waals surface area contributed by atoms with Crippen LogP contribution in [0.4, 0.5) is 0 Å². The molecule has 1 N–H and O–H groups in total. The molecule has 3 nitrogen and oxygen atoms in total. The molecule has 0 aromatic heterocycles. The van der Waals surface area contributed by atoms with E-state index in [9.17, 15) is 5.11 Å². The SMILES string of the molecule is C/C(=C\CN(Cc1ccccc1)[C@@H](/C=C/CO)CO[Si](C)(C)C(C)(C)C)CCl. The zero-order valence-corrected chi connectivity index (χ0v) is 20.2. The molecular weight excluding hydrogens is 386 g/mol. The molecule has 0 spiro atoms. The Balaban J connectivity index is 3.06. The summed E-state index contributed by atoms with van der Waals surface area (Å²) in [4.78, 5) is 2.38. The van der Waals surface area contributed by atoms with Gasteiger partial charge in [0.2, 0.25) is 0 Å². The zero-order valence-electron chi connectivity index (χ0n) is 18.4. The van der Waals surface area contributed by atoms with Crippen LogP contribution in [0.15, 0.2) is 54.1 Å². The van der Waals surface area contributed by atoms with E-state index in [1.807, 2.05) is 12.1 Å². The van der Waals surface area contributed by atoms with Gasteiger partial charge in [-0.1, -0.05) is 74.9 Å². The number of halogens is 1. The van der Waals surface area contributed by atoms with Crippen molar-refractivity contribution in [1.29, 1.82) is 0 Å². The van der Waals surface area contributed by atoms with E-state index < -0.39 is 8.32 Å². The van der Waals surface area contributed by atoms with E-state index >= 15 is 0 Å². The predicted octanol–water partition coefficient (Wildman–Crippen LogP) is 5.61. The minimum absolute atomic E-state index is 0.0340. The van der Waals surface area contributed by atoms with Gasteiger partial charge in [-0.05, 0) is 30.6 Å². The second-order valence-electron chi connectivity index (χ2n) is 8.85. The highest BCUT2D eigenvalue weighted by Crippen LogP contribution is 2.36. The Morgan fingerprint density at radius 1 is 1.25 bits per heavy atom. The van der Waals surface area contributed by atoms with Gasteiger partial charge in [0.1, 0.15) is 0 Å². The summed E-state index contributed by atoms with van der Waals surface area (Å²) in [6, 6.07) is 10.5. The van der Waals surface area contributed by atoms with E-state index in [2.05, 4.69) is 82.1 Å². The highest BCUT2D eigenvalue weighted by Gasteiger charge is 2.37. The van der Waals surface area contributed by atoms with Gasteiger partial charge in [0.05, 0.1) is 19.3 Å². The third-order valence-corrected chi connectivity index (χ3v) is 10.4. The maximum absolute atomic E-state index is 9.33. The maximum atomic E-state index is 9.33. The molecule has 1 aromatic rings. The minimum Gasteiger partial charge on any atom is -0.415 e. The van der Waals surface area contributed by atoms with Gasteiger partial charge in [-0.2, -0.15) is 0 Å². The summed E-state index contributed by atoms with van der Waals surface area (Å²) in [5, 5.41) is 9.50. The Labute approximate surface area is 178 Å². The molecule has 5 heteroatoms. The molecule has 158 valence electrons. The van der Waals surface area contributed by atoms with Crippen LogP contribution in [-0.4, -0.2) is 50.0 Å². The summed E-state index contributed by atoms with van der Waals surface area (Å²) < 4.78 is 6.52. The fourth-order valence-electron chi connectivity index (χ4n) is 2.47. The van der Waals surface area contributed by atoms with E-state index in [1.54, 1.807) is 0 Å². The fourth-order valence-corrected chi connectivity index (χ4v) is 3.60. The number of hydrogen-bond acceptors (Lipinski definition) is 3. The first-order valence-corrected chi connectivity index (χ1v) is 13.5. The van der Waals surface area contributed by atoms with Gasteiger partial charge in [-0.25, -0.2) is 0 Å². The lowest BCUT2D eigenvalue weighted by atomic mass is 10.1. The van der Waals surface area contributed by atoms with Crippen LogP contribution in [0.2, 0.25) is 18.1 Å². The van der Waals surface area contributed by atoms with Crippen molar-refractivity contribution in [3.8, 4) is 0 Å². The normalized spacial score (nSPS) is 14.8. The monoisotopic (exact) mass is 423 g/mol. The molecule has 0 aliphatic rings. The number of nitrogens with zero attached hydrogens (tertiary/aromatic N) is 1. The van der Waals surface area contributed by atoms with Crippen molar-refractivity contribution in [2.75, 3.05) is 25.6 Å². The molecular formula is C23H38ClNO2Si. The van der Waals surface area contributed by atoms with Crippen molar-refractivity contribution in [2.24, 2.45) is 0 Å². The second kappa shape index (κ2) is 11.9. The van der Waals surface area contributed by atoms with E-state index in [4.69, 9.17) is 16.0 Å². The van der Waals surface area contributed by atoms with Gasteiger partial charge >= 0.3 is 0 Å². The maximum Gasteiger partial charge on any atom is 0.192 e. The lowest BCUT2D eigenvalue weighted by Crippen LogP contribution is -2.45. The van der Waals surface area contributed by atoms with Crippen molar-refractivity contribution in [3.05, 3.63) is 59.7 Å². The second-order valence-corrected chi connectivity index (χ2v) is 13.9. The molecule has 0 aliphatic heterocycles. The molecule has 1 rings (SSSR count). The Morgan fingerprint density at radius 3 is 2.43 bits per heavy atom. The van der Waals surface area contributed by atoms with Gasteiger partial charge in [0, 0.05) is 19.0 Å². The largest absolute Gasteiger partial charge is 0.415 e. The molecule has 0 heterocycles. The van der Waals surface area contributed by atoms with Gasteiger partial charge in [-0.3, -0.25) is 4.90 Å². The van der Waals surface area contributed by atoms with E-state index in [-0.39, 0.29) is 17.7 Å². The molecule has 28 heavy (non-hydrogen) atoms. The van der Waals surface area contributed by atoms with Gasteiger partial charge < -0.3 is 9.53 Å². The topological polar surface area (TPSA) is 32.7 Å². The smallest absolute Gasteiger partial charge is 0.192 e. The lowest BCUT2D eigenvalue weighted by Gasteiger charge is -2.38. The van der Waals surface area contributed by atoms with Crippen molar-refractivity contribution in [1.82, 2.24) is 4.90 Å². The van der Waals surface area contributed by atoms with Gasteiger partial charge in [0.25, 0.3) is 0 Å². The summed E-state index contributed by atoms with van der Waals surface area (Å²) in [5.41, 5.74) is 2.42. The number of aliphatic hydroxyl groups is 1. The summed E-state index contributed by atoms with van der Waals surface area (Å²) in [6.07, 6.45) is 6.07. The molecule has 0 fully saturated rings. The first-order valence-electron chi connectivity index (χ1n) is 10.0. The first kappa shape index (κ1) is 25.1. The van der Waals surface area contributed by atoms with Crippen LogP contribution < -0.4 is 0 Å². The Hall–Kier alpha value is -0.913. The highest BCUT2D eigenvalue weighted by atomic mass is 35.5. The molecule has 0 amide bonds. The summed E-state index contributed by atoms with van der Waals surface area (Å²) in [6.45, 7) is 15.6. The van der Waals surface area contributed by atoms with Gasteiger partial charge in [-0.15, -0.1) is 11.6 Å². The average molecular weight is 424 g/mol. The Morgan fingerprint density at radius 2 is 1.89 bits per heavy atom. The molecule has 1 aromatic carbocycles. The van der Waals surface area contributed by atoms with Crippen LogP contribution in [0, 0.1) is 0 Å². The fraction of sp³-hybridized carbons (Fsp3) is 0.565. The van der Waals surface area contributed by atoms with Crippen LogP contribution in [-0.2, 0) is 11.0 Å². The van der Waals surface area contributed by atoms with E-state index in [1.165, 1.54) is 5.56 Å². The number of benzene rings is 1. The van der Waals surface area contributed by atoms with Crippen LogP contribution in [0.5, 0.6) is 0 Å². The number of allylic oxidation sites excluding steroid dienone is 1. The third-order valence-electron chi connectivity index (χ3n) is 5.47. The van der Waals surface area contributed by atoms with Gasteiger partial charge in [0.15, 0.2) is 8.32 Å². The number of hydrogen-bond donors (Lipinski definition) is 1. The van der Waals surface area contributed by atoms with Crippen molar-refractivity contribution >= 4 is 19.9 Å². The van der Waals surface area contributed by atoms with Crippen LogP contribution in [0.25, 0.3) is 0 Å². The number of aliphatic hydroxyl groups excluding tert-OH is 1. The Kier molecular flexibility index (Phi) is 10.7. The molecule has 0 aliphatic carbocycles. The number of rotatable bonds is 11. The highest BCUT2D eigenvalue weighted by molar-refractivity contribution is 6.74. The van der Waals surface area contributed by atoms with E-state index in [0.717, 1.165) is 18.7 Å². The van der Waals surface area contributed by atoms with Crippen molar-refractivity contribution in [3.63, 3.8) is 0 Å². The van der Waals surface area contributed by atoms with Crippen molar-refractivity contribution < 1.29 is 9.53 Å². The predicted molar refractivity (Wildman–Crippen MR) is 124 cm³/mol. The molecule has 0 bridgehead atoms. The molecule has 0 unspecified atom stereocenters. The summed E-state index contributed by atoms with van der Waals surface area (Å²) in [5.74, 6) is 0.538. The quantitative estimate of drug-likeness (QED) is 0.285. The van der Waals surface area contributed by atoms with Crippen LogP contribution in [0.3, 0.4) is 0 Å². The number of alkyl halides is 1. The molecule has 1 atom stereocenters. The summed E-state index contributed by atoms with van der Waals surface area (Å²) in [7, 11) is -1.86. The van der Waals surface area contributed by atoms with Crippen LogP contribution in [0.1, 0.15) is 33.3 Å². The molecule has 0 saturated heterocycles. The first-order chi connectivity index (χ1) is 13.1. The molecule has 0 saturated carbocycles. The molecule has 0 radical (unpaired) electrons. The third kappa shape index (κ3) is 8.62.